The summed E-state index contributed by atoms with van der Waals surface area (Å²) in [6.07, 6.45) is 5.07. The Bertz CT molecular complexity index is 263. The minimum atomic E-state index is -0.232. The third-order valence-electron chi connectivity index (χ3n) is 1.45. The number of carbonyl (C=O) groups excluding carboxylic acids is 1. The molecule has 0 unspecified atom stereocenters. The Kier molecular flexibility index (Phi) is 3.69. The lowest BCUT2D eigenvalue weighted by Crippen LogP contribution is -2.09. The Hall–Kier alpha value is -1.65. The summed E-state index contributed by atoms with van der Waals surface area (Å²) >= 11 is 0. The predicted octanol–water partition coefficient (Wildman–Crippen LogP) is 0.452. The molecule has 1 aromatic rings. The van der Waals surface area contributed by atoms with Crippen LogP contribution >= 0.6 is 0 Å². The van der Waals surface area contributed by atoms with E-state index < -0.39 is 0 Å². The molecule has 0 aliphatic heterocycles. The van der Waals surface area contributed by atoms with E-state index in [2.05, 4.69) is 20.0 Å². The number of hydrogen-bond acceptors (Lipinski definition) is 5. The van der Waals surface area contributed by atoms with Crippen LogP contribution in [0.5, 0.6) is 0 Å². The maximum atomic E-state index is 10.7. The van der Waals surface area contributed by atoms with Crippen LogP contribution in [0, 0.1) is 0 Å². The number of esters is 1. The summed E-state index contributed by atoms with van der Waals surface area (Å²) in [7, 11) is 1.37. The first-order valence-corrected chi connectivity index (χ1v) is 3.88. The number of anilines is 1. The fourth-order valence-electron chi connectivity index (χ4n) is 0.801. The van der Waals surface area contributed by atoms with Crippen molar-refractivity contribution in [3.8, 4) is 0 Å². The number of rotatable bonds is 4. The van der Waals surface area contributed by atoms with Crippen LogP contribution in [0.2, 0.25) is 0 Å². The van der Waals surface area contributed by atoms with Gasteiger partial charge in [0, 0.05) is 6.54 Å². The molecule has 0 aliphatic rings. The quantitative estimate of drug-likeness (QED) is 0.683. The zero-order chi connectivity index (χ0) is 9.52. The monoisotopic (exact) mass is 181 g/mol. The van der Waals surface area contributed by atoms with Gasteiger partial charge in [-0.2, -0.15) is 0 Å². The number of hydrogen-bond donors (Lipinski definition) is 1. The molecule has 1 heterocycles. The Balaban J connectivity index is 2.24. The zero-order valence-corrected chi connectivity index (χ0v) is 7.36. The minimum Gasteiger partial charge on any atom is -0.469 e. The van der Waals surface area contributed by atoms with Crippen LogP contribution < -0.4 is 5.32 Å². The smallest absolute Gasteiger partial charge is 0.307 e. The molecule has 0 fully saturated rings. The van der Waals surface area contributed by atoms with Gasteiger partial charge >= 0.3 is 5.97 Å². The van der Waals surface area contributed by atoms with Crippen LogP contribution in [0.15, 0.2) is 18.7 Å². The lowest BCUT2D eigenvalue weighted by molar-refractivity contribution is -0.140. The number of carbonyl (C=O) groups is 1. The van der Waals surface area contributed by atoms with E-state index in [9.17, 15) is 4.79 Å². The van der Waals surface area contributed by atoms with Crippen LogP contribution in [-0.4, -0.2) is 29.6 Å². The number of nitrogens with zero attached hydrogens (tertiary/aromatic N) is 2. The normalized spacial score (nSPS) is 9.31. The summed E-state index contributed by atoms with van der Waals surface area (Å²) in [6, 6.07) is 0. The van der Waals surface area contributed by atoms with Crippen LogP contribution in [0.3, 0.4) is 0 Å². The molecule has 70 valence electrons. The third-order valence-corrected chi connectivity index (χ3v) is 1.45. The highest BCUT2D eigenvalue weighted by atomic mass is 16.5. The highest BCUT2D eigenvalue weighted by Gasteiger charge is 1.98. The van der Waals surface area contributed by atoms with Gasteiger partial charge in [-0.05, 0) is 0 Å². The summed E-state index contributed by atoms with van der Waals surface area (Å²) in [5, 5.41) is 2.98. The fraction of sp³-hybridized carbons (Fsp3) is 0.375. The molecule has 0 atom stereocenters. The third kappa shape index (κ3) is 3.50. The van der Waals surface area contributed by atoms with Crippen molar-refractivity contribution in [1.82, 2.24) is 9.97 Å². The van der Waals surface area contributed by atoms with Gasteiger partial charge in [-0.25, -0.2) is 9.97 Å². The Morgan fingerprint density at radius 1 is 1.54 bits per heavy atom. The van der Waals surface area contributed by atoms with Gasteiger partial charge < -0.3 is 10.1 Å². The topological polar surface area (TPSA) is 64.1 Å². The summed E-state index contributed by atoms with van der Waals surface area (Å²) in [5.41, 5.74) is 0.798. The molecule has 0 radical (unpaired) electrons. The van der Waals surface area contributed by atoms with E-state index in [0.29, 0.717) is 13.0 Å². The molecular weight excluding hydrogens is 170 g/mol. The van der Waals surface area contributed by atoms with Crippen molar-refractivity contribution >= 4 is 11.7 Å². The SMILES string of the molecule is COC(=O)CCNc1cncnc1. The molecule has 0 aliphatic carbocycles. The molecule has 13 heavy (non-hydrogen) atoms. The molecular formula is C8H11N3O2. The molecule has 0 saturated carbocycles. The summed E-state index contributed by atoms with van der Waals surface area (Å²) in [6.45, 7) is 0.528. The van der Waals surface area contributed by atoms with Crippen LogP contribution in [-0.2, 0) is 9.53 Å². The maximum absolute atomic E-state index is 10.7. The number of methoxy groups -OCH3 is 1. The molecule has 1 N–H and O–H groups in total. The van der Waals surface area contributed by atoms with Gasteiger partial charge in [-0.15, -0.1) is 0 Å². The number of ether oxygens (including phenoxy) is 1. The van der Waals surface area contributed by atoms with E-state index in [1.54, 1.807) is 12.4 Å². The predicted molar refractivity (Wildman–Crippen MR) is 47.2 cm³/mol. The first-order chi connectivity index (χ1) is 6.33. The molecule has 0 spiro atoms. The van der Waals surface area contributed by atoms with E-state index in [4.69, 9.17) is 0 Å². The van der Waals surface area contributed by atoms with Crippen molar-refractivity contribution in [2.45, 2.75) is 6.42 Å². The van der Waals surface area contributed by atoms with E-state index >= 15 is 0 Å². The van der Waals surface area contributed by atoms with Crippen molar-refractivity contribution in [3.63, 3.8) is 0 Å². The molecule has 1 rings (SSSR count). The summed E-state index contributed by atoms with van der Waals surface area (Å²) < 4.78 is 4.48. The second-order valence-corrected chi connectivity index (χ2v) is 2.38. The standard InChI is InChI=1S/C8H11N3O2/c1-13-8(12)2-3-11-7-4-9-6-10-5-7/h4-6,11H,2-3H2,1H3. The Morgan fingerprint density at radius 3 is 2.85 bits per heavy atom. The van der Waals surface area contributed by atoms with E-state index in [1.165, 1.54) is 13.4 Å². The van der Waals surface area contributed by atoms with E-state index in [1.807, 2.05) is 0 Å². The minimum absolute atomic E-state index is 0.232. The highest BCUT2D eigenvalue weighted by molar-refractivity contribution is 5.69. The van der Waals surface area contributed by atoms with E-state index in [-0.39, 0.29) is 5.97 Å². The lowest BCUT2D eigenvalue weighted by Gasteiger charge is -2.03. The fourth-order valence-corrected chi connectivity index (χ4v) is 0.801. The summed E-state index contributed by atoms with van der Waals surface area (Å²) in [4.78, 5) is 18.3. The van der Waals surface area contributed by atoms with Crippen LogP contribution in [0.1, 0.15) is 6.42 Å². The van der Waals surface area contributed by atoms with Crippen molar-refractivity contribution in [1.29, 1.82) is 0 Å². The average Bonchev–Trinajstić information content (AvgIpc) is 2.19. The molecule has 0 saturated heterocycles. The van der Waals surface area contributed by atoms with Crippen LogP contribution in [0.25, 0.3) is 0 Å². The van der Waals surface area contributed by atoms with Crippen molar-refractivity contribution in [3.05, 3.63) is 18.7 Å². The van der Waals surface area contributed by atoms with Crippen molar-refractivity contribution in [2.75, 3.05) is 19.0 Å². The van der Waals surface area contributed by atoms with E-state index in [0.717, 1.165) is 5.69 Å². The molecule has 1 aromatic heterocycles. The van der Waals surface area contributed by atoms with Gasteiger partial charge in [-0.3, -0.25) is 4.79 Å². The van der Waals surface area contributed by atoms with Gasteiger partial charge in [0.25, 0.3) is 0 Å². The molecule has 0 amide bonds. The van der Waals surface area contributed by atoms with Crippen molar-refractivity contribution in [2.24, 2.45) is 0 Å². The second kappa shape index (κ2) is 5.08. The average molecular weight is 181 g/mol. The molecule has 5 heteroatoms. The highest BCUT2D eigenvalue weighted by Crippen LogP contribution is 1.99. The maximum Gasteiger partial charge on any atom is 0.307 e. The van der Waals surface area contributed by atoms with Gasteiger partial charge in [0.15, 0.2) is 0 Å². The molecule has 0 bridgehead atoms. The van der Waals surface area contributed by atoms with Crippen molar-refractivity contribution < 1.29 is 9.53 Å². The molecule has 5 nitrogen and oxygen atoms in total. The first kappa shape index (κ1) is 9.44. The zero-order valence-electron chi connectivity index (χ0n) is 7.36. The second-order valence-electron chi connectivity index (χ2n) is 2.38. The summed E-state index contributed by atoms with van der Waals surface area (Å²) in [5.74, 6) is -0.232. The van der Waals surface area contributed by atoms with Gasteiger partial charge in [-0.1, -0.05) is 0 Å². The number of nitrogens with one attached hydrogen (secondary N) is 1. The lowest BCUT2D eigenvalue weighted by atomic mass is 10.4. The van der Waals surface area contributed by atoms with Crippen LogP contribution in [0.4, 0.5) is 5.69 Å². The molecule has 0 aromatic carbocycles. The number of aromatic nitrogens is 2. The van der Waals surface area contributed by atoms with Gasteiger partial charge in [0.05, 0.1) is 31.6 Å². The van der Waals surface area contributed by atoms with Gasteiger partial charge in [0.2, 0.25) is 0 Å². The Labute approximate surface area is 76.2 Å². The Morgan fingerprint density at radius 2 is 2.23 bits per heavy atom. The first-order valence-electron chi connectivity index (χ1n) is 3.88. The largest absolute Gasteiger partial charge is 0.469 e. The van der Waals surface area contributed by atoms with Gasteiger partial charge in [0.1, 0.15) is 6.33 Å².